The minimum atomic E-state index is -1.26. The number of esters is 1. The van der Waals surface area contributed by atoms with Gasteiger partial charge in [-0.15, -0.1) is 0 Å². The van der Waals surface area contributed by atoms with Gasteiger partial charge in [-0.3, -0.25) is 9.00 Å². The Bertz CT molecular complexity index is 698. The molecule has 3 nitrogen and oxygen atoms in total. The normalized spacial score (nSPS) is 13.3. The molecule has 0 bridgehead atoms. The molecular weight excluding hydrogens is 315 g/mol. The summed E-state index contributed by atoms with van der Waals surface area (Å²) in [4.78, 5) is 11.1. The van der Waals surface area contributed by atoms with Gasteiger partial charge in [-0.05, 0) is 23.1 Å². The van der Waals surface area contributed by atoms with Gasteiger partial charge in [-0.25, -0.2) is 4.39 Å². The van der Waals surface area contributed by atoms with E-state index in [9.17, 15) is 13.4 Å². The third-order valence-electron chi connectivity index (χ3n) is 3.61. The van der Waals surface area contributed by atoms with Crippen LogP contribution in [0.15, 0.2) is 48.5 Å². The first kappa shape index (κ1) is 17.3. The van der Waals surface area contributed by atoms with E-state index in [0.717, 1.165) is 11.1 Å². The van der Waals surface area contributed by atoms with E-state index >= 15 is 0 Å². The molecule has 0 aliphatic rings. The monoisotopic (exact) mass is 334 g/mol. The van der Waals surface area contributed by atoms with Crippen LogP contribution in [0.5, 0.6) is 0 Å². The summed E-state index contributed by atoms with van der Waals surface area (Å²) in [6.45, 7) is 1.95. The van der Waals surface area contributed by atoms with Crippen LogP contribution in [0.1, 0.15) is 18.4 Å². The summed E-state index contributed by atoms with van der Waals surface area (Å²) < 4.78 is 30.2. The minimum absolute atomic E-state index is 0.0372. The lowest BCUT2D eigenvalue weighted by Gasteiger charge is -2.12. The molecule has 2 atom stereocenters. The standard InChI is InChI=1S/C18H19FO3S/c1-13(11-23(21)12-18(20)22-2)14-7-9-15(10-8-14)16-5-3-4-6-17(16)19/h3-10,13H,11-12H2,1-2H3. The summed E-state index contributed by atoms with van der Waals surface area (Å²) in [7, 11) is 0.0220. The SMILES string of the molecule is COC(=O)CS(=O)CC(C)c1ccc(-c2ccccc2F)cc1. The molecule has 23 heavy (non-hydrogen) atoms. The fraction of sp³-hybridized carbons (Fsp3) is 0.278. The third-order valence-corrected chi connectivity index (χ3v) is 5.04. The van der Waals surface area contributed by atoms with Crippen molar-refractivity contribution in [2.45, 2.75) is 12.8 Å². The van der Waals surface area contributed by atoms with Gasteiger partial charge in [0.15, 0.2) is 0 Å². The summed E-state index contributed by atoms with van der Waals surface area (Å²) in [5.41, 5.74) is 2.36. The van der Waals surface area contributed by atoms with Gasteiger partial charge >= 0.3 is 5.97 Å². The molecule has 0 heterocycles. The molecule has 0 fully saturated rings. The minimum Gasteiger partial charge on any atom is -0.468 e. The maximum Gasteiger partial charge on any atom is 0.318 e. The molecule has 0 saturated carbocycles. The van der Waals surface area contributed by atoms with Crippen LogP contribution < -0.4 is 0 Å². The summed E-state index contributed by atoms with van der Waals surface area (Å²) in [5.74, 6) is -0.393. The average molecular weight is 334 g/mol. The van der Waals surface area contributed by atoms with Crippen molar-refractivity contribution in [2.24, 2.45) is 0 Å². The molecule has 0 saturated heterocycles. The first-order chi connectivity index (χ1) is 11.0. The van der Waals surface area contributed by atoms with E-state index in [0.29, 0.717) is 11.3 Å². The number of carbonyl (C=O) groups is 1. The fourth-order valence-corrected chi connectivity index (χ4v) is 3.56. The fourth-order valence-electron chi connectivity index (χ4n) is 2.31. The summed E-state index contributed by atoms with van der Waals surface area (Å²) in [5, 5.41) is 0. The number of ether oxygens (including phenoxy) is 1. The second kappa shape index (κ2) is 8.02. The first-order valence-electron chi connectivity index (χ1n) is 7.28. The van der Waals surface area contributed by atoms with Crippen molar-refractivity contribution in [3.63, 3.8) is 0 Å². The molecule has 0 aliphatic carbocycles. The van der Waals surface area contributed by atoms with Gasteiger partial charge in [0.05, 0.1) is 7.11 Å². The number of carbonyl (C=O) groups excluding carboxylic acids is 1. The Labute approximate surface area is 137 Å². The van der Waals surface area contributed by atoms with E-state index in [2.05, 4.69) is 4.74 Å². The van der Waals surface area contributed by atoms with Crippen molar-refractivity contribution >= 4 is 16.8 Å². The van der Waals surface area contributed by atoms with Gasteiger partial charge in [-0.1, -0.05) is 49.4 Å². The average Bonchev–Trinajstić information content (AvgIpc) is 2.55. The molecule has 0 radical (unpaired) electrons. The number of hydrogen-bond donors (Lipinski definition) is 0. The van der Waals surface area contributed by atoms with Crippen LogP contribution in [0.25, 0.3) is 11.1 Å². The maximum atomic E-state index is 13.8. The summed E-state index contributed by atoms with van der Waals surface area (Å²) >= 11 is 0. The molecule has 0 aromatic heterocycles. The summed E-state index contributed by atoms with van der Waals surface area (Å²) in [6, 6.07) is 14.1. The van der Waals surface area contributed by atoms with Crippen LogP contribution in [-0.2, 0) is 20.3 Å². The molecule has 0 N–H and O–H groups in total. The van der Waals surface area contributed by atoms with Crippen LogP contribution in [-0.4, -0.2) is 28.8 Å². The Kier molecular flexibility index (Phi) is 6.04. The van der Waals surface area contributed by atoms with Crippen molar-refractivity contribution in [3.05, 3.63) is 59.9 Å². The number of halogens is 1. The highest BCUT2D eigenvalue weighted by Gasteiger charge is 2.14. The Hall–Kier alpha value is -2.01. The smallest absolute Gasteiger partial charge is 0.318 e. The molecule has 2 aromatic carbocycles. The molecule has 5 heteroatoms. The maximum absolute atomic E-state index is 13.8. The van der Waals surface area contributed by atoms with Crippen LogP contribution >= 0.6 is 0 Å². The Morgan fingerprint density at radius 1 is 1.17 bits per heavy atom. The van der Waals surface area contributed by atoms with E-state index in [1.165, 1.54) is 13.2 Å². The van der Waals surface area contributed by atoms with E-state index < -0.39 is 16.8 Å². The van der Waals surface area contributed by atoms with Crippen LogP contribution in [0.4, 0.5) is 4.39 Å². The van der Waals surface area contributed by atoms with Gasteiger partial charge < -0.3 is 4.74 Å². The highest BCUT2D eigenvalue weighted by Crippen LogP contribution is 2.25. The number of hydrogen-bond acceptors (Lipinski definition) is 3. The van der Waals surface area contributed by atoms with Crippen LogP contribution in [0.2, 0.25) is 0 Å². The van der Waals surface area contributed by atoms with Gasteiger partial charge in [-0.2, -0.15) is 0 Å². The van der Waals surface area contributed by atoms with Crippen molar-refractivity contribution < 1.29 is 18.1 Å². The quantitative estimate of drug-likeness (QED) is 0.759. The number of benzene rings is 2. The second-order valence-corrected chi connectivity index (χ2v) is 6.83. The van der Waals surface area contributed by atoms with E-state index in [-0.39, 0.29) is 17.5 Å². The van der Waals surface area contributed by atoms with Crippen molar-refractivity contribution in [1.29, 1.82) is 0 Å². The topological polar surface area (TPSA) is 43.4 Å². The molecule has 122 valence electrons. The van der Waals surface area contributed by atoms with Crippen molar-refractivity contribution in [2.75, 3.05) is 18.6 Å². The number of rotatable bonds is 6. The zero-order valence-corrected chi connectivity index (χ0v) is 13.9. The lowest BCUT2D eigenvalue weighted by Crippen LogP contribution is -2.17. The second-order valence-electron chi connectivity index (χ2n) is 5.33. The van der Waals surface area contributed by atoms with Gasteiger partial charge in [0.25, 0.3) is 0 Å². The first-order valence-corrected chi connectivity index (χ1v) is 8.76. The Morgan fingerprint density at radius 2 is 1.83 bits per heavy atom. The molecule has 2 unspecified atom stereocenters. The Morgan fingerprint density at radius 3 is 2.43 bits per heavy atom. The molecule has 2 rings (SSSR count). The van der Waals surface area contributed by atoms with E-state index in [1.54, 1.807) is 18.2 Å². The molecular formula is C18H19FO3S. The number of methoxy groups -OCH3 is 1. The predicted molar refractivity (Wildman–Crippen MR) is 90.1 cm³/mol. The zero-order chi connectivity index (χ0) is 16.8. The van der Waals surface area contributed by atoms with Gasteiger partial charge in [0.2, 0.25) is 0 Å². The molecule has 2 aromatic rings. The van der Waals surface area contributed by atoms with Crippen LogP contribution in [0.3, 0.4) is 0 Å². The highest BCUT2D eigenvalue weighted by molar-refractivity contribution is 7.85. The summed E-state index contributed by atoms with van der Waals surface area (Å²) in [6.07, 6.45) is 0. The lowest BCUT2D eigenvalue weighted by atomic mass is 9.98. The molecule has 0 aliphatic heterocycles. The highest BCUT2D eigenvalue weighted by atomic mass is 32.2. The van der Waals surface area contributed by atoms with Crippen molar-refractivity contribution in [1.82, 2.24) is 0 Å². The molecule has 0 spiro atoms. The zero-order valence-electron chi connectivity index (χ0n) is 13.1. The Balaban J connectivity index is 2.06. The largest absolute Gasteiger partial charge is 0.468 e. The van der Waals surface area contributed by atoms with Crippen LogP contribution in [0, 0.1) is 5.82 Å². The van der Waals surface area contributed by atoms with Crippen molar-refractivity contribution in [3.8, 4) is 11.1 Å². The molecule has 0 amide bonds. The third kappa shape index (κ3) is 4.73. The van der Waals surface area contributed by atoms with Gasteiger partial charge in [0.1, 0.15) is 11.6 Å². The van der Waals surface area contributed by atoms with Gasteiger partial charge in [0, 0.05) is 22.1 Å². The van der Waals surface area contributed by atoms with E-state index in [4.69, 9.17) is 0 Å². The lowest BCUT2D eigenvalue weighted by molar-refractivity contribution is -0.137. The van der Waals surface area contributed by atoms with E-state index in [1.807, 2.05) is 31.2 Å². The predicted octanol–water partition coefficient (Wildman–Crippen LogP) is 3.52.